The van der Waals surface area contributed by atoms with E-state index < -0.39 is 10.0 Å². The molecule has 1 aromatic heterocycles. The van der Waals surface area contributed by atoms with E-state index in [1.54, 1.807) is 13.1 Å². The Morgan fingerprint density at radius 3 is 2.50 bits per heavy atom. The van der Waals surface area contributed by atoms with E-state index in [0.29, 0.717) is 10.8 Å². The topological polar surface area (TPSA) is 52.7 Å². The molecule has 0 atom stereocenters. The highest BCUT2D eigenvalue weighted by Crippen LogP contribution is 2.24. The van der Waals surface area contributed by atoms with Crippen LogP contribution in [0.15, 0.2) is 16.3 Å². The number of nitrogens with zero attached hydrogens (tertiary/aromatic N) is 2. The highest BCUT2D eigenvalue weighted by molar-refractivity contribution is 7.91. The van der Waals surface area contributed by atoms with Gasteiger partial charge in [0.15, 0.2) is 0 Å². The third-order valence-corrected chi connectivity index (χ3v) is 6.34. The second-order valence-corrected chi connectivity index (χ2v) is 8.42. The predicted molar refractivity (Wildman–Crippen MR) is 84.7 cm³/mol. The van der Waals surface area contributed by atoms with Crippen molar-refractivity contribution in [2.45, 2.75) is 24.1 Å². The summed E-state index contributed by atoms with van der Waals surface area (Å²) < 4.78 is 26.7. The molecule has 0 amide bonds. The van der Waals surface area contributed by atoms with Crippen LogP contribution in [-0.4, -0.2) is 58.4 Å². The van der Waals surface area contributed by atoms with Gasteiger partial charge in [-0.3, -0.25) is 0 Å². The molecule has 0 saturated carbocycles. The fourth-order valence-electron chi connectivity index (χ4n) is 1.72. The molecule has 116 valence electrons. The Bertz CT molecular complexity index is 497. The van der Waals surface area contributed by atoms with Gasteiger partial charge < -0.3 is 10.2 Å². The van der Waals surface area contributed by atoms with Gasteiger partial charge in [0, 0.05) is 25.0 Å². The maximum atomic E-state index is 12.4. The van der Waals surface area contributed by atoms with E-state index in [1.807, 2.05) is 27.1 Å². The highest BCUT2D eigenvalue weighted by atomic mass is 32.2. The van der Waals surface area contributed by atoms with E-state index in [1.165, 1.54) is 15.6 Å². The standard InChI is InChI=1S/C13H25N3O2S2/c1-5-14-11-12-7-8-13(19-12)20(17,18)16(4)10-6-9-15(2)3/h7-8,14H,5-6,9-11H2,1-4H3. The third kappa shape index (κ3) is 5.14. The van der Waals surface area contributed by atoms with Gasteiger partial charge in [0.25, 0.3) is 10.0 Å². The Hall–Kier alpha value is -0.470. The summed E-state index contributed by atoms with van der Waals surface area (Å²) in [5.41, 5.74) is 0. The smallest absolute Gasteiger partial charge is 0.252 e. The lowest BCUT2D eigenvalue weighted by atomic mass is 10.4. The van der Waals surface area contributed by atoms with Crippen LogP contribution in [0.1, 0.15) is 18.2 Å². The first-order valence-electron chi connectivity index (χ1n) is 6.78. The molecular formula is C13H25N3O2S2. The molecule has 1 N–H and O–H groups in total. The molecule has 0 spiro atoms. The lowest BCUT2D eigenvalue weighted by molar-refractivity contribution is 0.370. The van der Waals surface area contributed by atoms with E-state index >= 15 is 0 Å². The number of rotatable bonds is 9. The first-order chi connectivity index (χ1) is 9.37. The van der Waals surface area contributed by atoms with Crippen molar-refractivity contribution in [1.82, 2.24) is 14.5 Å². The van der Waals surface area contributed by atoms with Crippen molar-refractivity contribution >= 4 is 21.4 Å². The van der Waals surface area contributed by atoms with Crippen LogP contribution in [0.2, 0.25) is 0 Å². The summed E-state index contributed by atoms with van der Waals surface area (Å²) in [6.07, 6.45) is 0.832. The lowest BCUT2D eigenvalue weighted by Gasteiger charge is -2.17. The molecule has 1 heterocycles. The fraction of sp³-hybridized carbons (Fsp3) is 0.692. The van der Waals surface area contributed by atoms with Crippen LogP contribution in [0.25, 0.3) is 0 Å². The summed E-state index contributed by atoms with van der Waals surface area (Å²) in [5, 5.41) is 3.20. The minimum Gasteiger partial charge on any atom is -0.312 e. The van der Waals surface area contributed by atoms with Gasteiger partial charge in [-0.25, -0.2) is 12.7 Å². The summed E-state index contributed by atoms with van der Waals surface area (Å²) in [6.45, 7) is 5.06. The highest BCUT2D eigenvalue weighted by Gasteiger charge is 2.22. The lowest BCUT2D eigenvalue weighted by Crippen LogP contribution is -2.29. The Balaban J connectivity index is 2.64. The van der Waals surface area contributed by atoms with Crippen molar-refractivity contribution in [3.63, 3.8) is 0 Å². The second kappa shape index (κ2) is 8.09. The van der Waals surface area contributed by atoms with Gasteiger partial charge in [0.05, 0.1) is 0 Å². The molecule has 0 aliphatic carbocycles. The second-order valence-electron chi connectivity index (χ2n) is 4.98. The Kier molecular flexibility index (Phi) is 7.11. The molecule has 1 rings (SSSR count). The number of hydrogen-bond donors (Lipinski definition) is 1. The van der Waals surface area contributed by atoms with Crippen molar-refractivity contribution in [1.29, 1.82) is 0 Å². The average molecular weight is 319 g/mol. The van der Waals surface area contributed by atoms with Crippen molar-refractivity contribution < 1.29 is 8.42 Å². The molecule has 0 fully saturated rings. The Labute approximate surface area is 126 Å². The van der Waals surface area contributed by atoms with Crippen molar-refractivity contribution in [3.05, 3.63) is 17.0 Å². The maximum Gasteiger partial charge on any atom is 0.252 e. The summed E-state index contributed by atoms with van der Waals surface area (Å²) in [4.78, 5) is 3.10. The van der Waals surface area contributed by atoms with Crippen molar-refractivity contribution in [3.8, 4) is 0 Å². The monoisotopic (exact) mass is 319 g/mol. The van der Waals surface area contributed by atoms with E-state index in [2.05, 4.69) is 10.2 Å². The maximum absolute atomic E-state index is 12.4. The molecule has 7 heteroatoms. The Morgan fingerprint density at radius 2 is 1.90 bits per heavy atom. The SMILES string of the molecule is CCNCc1ccc(S(=O)(=O)N(C)CCCN(C)C)s1. The van der Waals surface area contributed by atoms with Crippen LogP contribution < -0.4 is 5.32 Å². The first-order valence-corrected chi connectivity index (χ1v) is 9.04. The van der Waals surface area contributed by atoms with Gasteiger partial charge >= 0.3 is 0 Å². The number of thiophene rings is 1. The molecule has 0 saturated heterocycles. The average Bonchev–Trinajstić information content (AvgIpc) is 2.85. The van der Waals surface area contributed by atoms with E-state index in [-0.39, 0.29) is 0 Å². The van der Waals surface area contributed by atoms with Gasteiger partial charge in [-0.2, -0.15) is 0 Å². The zero-order valence-electron chi connectivity index (χ0n) is 12.7. The quantitative estimate of drug-likeness (QED) is 0.748. The van der Waals surface area contributed by atoms with Crippen LogP contribution in [0, 0.1) is 0 Å². The molecule has 0 radical (unpaired) electrons. The molecule has 5 nitrogen and oxygen atoms in total. The molecule has 0 unspecified atom stereocenters. The zero-order valence-corrected chi connectivity index (χ0v) is 14.4. The summed E-state index contributed by atoms with van der Waals surface area (Å²) >= 11 is 1.35. The molecule has 1 aromatic rings. The van der Waals surface area contributed by atoms with Crippen LogP contribution in [0.4, 0.5) is 0 Å². The summed E-state index contributed by atoms with van der Waals surface area (Å²) in [6, 6.07) is 3.59. The number of hydrogen-bond acceptors (Lipinski definition) is 5. The first kappa shape index (κ1) is 17.6. The summed E-state index contributed by atoms with van der Waals surface area (Å²) in [7, 11) is 2.29. The van der Waals surface area contributed by atoms with E-state index in [9.17, 15) is 8.42 Å². The van der Waals surface area contributed by atoms with E-state index in [4.69, 9.17) is 0 Å². The molecular weight excluding hydrogens is 294 g/mol. The summed E-state index contributed by atoms with van der Waals surface area (Å²) in [5.74, 6) is 0. The molecule has 0 aliphatic heterocycles. The molecule has 0 bridgehead atoms. The molecule has 0 aliphatic rings. The van der Waals surface area contributed by atoms with E-state index in [0.717, 1.165) is 30.9 Å². The van der Waals surface area contributed by atoms with Crippen molar-refractivity contribution in [2.24, 2.45) is 0 Å². The molecule has 0 aromatic carbocycles. The zero-order chi connectivity index (χ0) is 15.2. The normalized spacial score (nSPS) is 12.5. The van der Waals surface area contributed by atoms with Crippen molar-refractivity contribution in [2.75, 3.05) is 40.8 Å². The largest absolute Gasteiger partial charge is 0.312 e. The van der Waals surface area contributed by atoms with Crippen LogP contribution in [-0.2, 0) is 16.6 Å². The minimum absolute atomic E-state index is 0.428. The van der Waals surface area contributed by atoms with Crippen LogP contribution >= 0.6 is 11.3 Å². The fourth-order valence-corrected chi connectivity index (χ4v) is 4.47. The number of nitrogens with one attached hydrogen (secondary N) is 1. The molecule has 20 heavy (non-hydrogen) atoms. The third-order valence-electron chi connectivity index (χ3n) is 2.93. The van der Waals surface area contributed by atoms with Crippen LogP contribution in [0.3, 0.4) is 0 Å². The van der Waals surface area contributed by atoms with Gasteiger partial charge in [-0.15, -0.1) is 11.3 Å². The minimum atomic E-state index is -3.34. The van der Waals surface area contributed by atoms with Gasteiger partial charge in [-0.05, 0) is 45.7 Å². The number of sulfonamides is 1. The van der Waals surface area contributed by atoms with Gasteiger partial charge in [0.1, 0.15) is 4.21 Å². The van der Waals surface area contributed by atoms with Gasteiger partial charge in [-0.1, -0.05) is 6.92 Å². The Morgan fingerprint density at radius 1 is 1.20 bits per heavy atom. The van der Waals surface area contributed by atoms with Crippen LogP contribution in [0.5, 0.6) is 0 Å². The predicted octanol–water partition coefficient (Wildman–Crippen LogP) is 1.43. The van der Waals surface area contributed by atoms with Gasteiger partial charge in [0.2, 0.25) is 0 Å².